The Morgan fingerprint density at radius 3 is 2.47 bits per heavy atom. The summed E-state index contributed by atoms with van der Waals surface area (Å²) in [6.07, 6.45) is 19.8. The third-order valence-electron chi connectivity index (χ3n) is 10.4. The second kappa shape index (κ2) is 8.80. The van der Waals surface area contributed by atoms with Crippen molar-refractivity contribution in [2.24, 2.45) is 52.3 Å². The standard InChI is InChI=1S/C30H46O2/c1-19(2)20(3)8-9-21(4)26-12-13-27-25-11-10-23-18-24(32-22(5)31)14-16-29(23,6)28(25)15-17-30(26,27)7/h8-11,18-21,24-28H,12-17H2,1-7H3/t20-,21+,24?,25-,26+,27-,28-,29-,30+/m0/s1. The number of hydrogen-bond acceptors (Lipinski definition) is 2. The molecule has 2 fully saturated rings. The summed E-state index contributed by atoms with van der Waals surface area (Å²) in [7, 11) is 0. The summed E-state index contributed by atoms with van der Waals surface area (Å²) >= 11 is 0. The molecule has 32 heavy (non-hydrogen) atoms. The van der Waals surface area contributed by atoms with Crippen molar-refractivity contribution in [1.29, 1.82) is 0 Å². The van der Waals surface area contributed by atoms with Gasteiger partial charge >= 0.3 is 5.97 Å². The van der Waals surface area contributed by atoms with Crippen molar-refractivity contribution in [1.82, 2.24) is 0 Å². The van der Waals surface area contributed by atoms with E-state index < -0.39 is 0 Å². The van der Waals surface area contributed by atoms with E-state index in [9.17, 15) is 4.79 Å². The van der Waals surface area contributed by atoms with E-state index in [1.54, 1.807) is 0 Å². The third-order valence-corrected chi connectivity index (χ3v) is 10.4. The van der Waals surface area contributed by atoms with Gasteiger partial charge in [0.05, 0.1) is 0 Å². The molecule has 0 aromatic rings. The largest absolute Gasteiger partial charge is 0.458 e. The van der Waals surface area contributed by atoms with E-state index in [2.05, 4.69) is 71.9 Å². The van der Waals surface area contributed by atoms with Crippen LogP contribution in [0.1, 0.15) is 87.0 Å². The fourth-order valence-corrected chi connectivity index (χ4v) is 8.04. The van der Waals surface area contributed by atoms with Gasteiger partial charge in [0.1, 0.15) is 6.10 Å². The topological polar surface area (TPSA) is 26.3 Å². The Kier molecular flexibility index (Phi) is 6.56. The van der Waals surface area contributed by atoms with Crippen molar-refractivity contribution in [2.45, 2.75) is 93.1 Å². The summed E-state index contributed by atoms with van der Waals surface area (Å²) in [6, 6.07) is 0. The lowest BCUT2D eigenvalue weighted by molar-refractivity contribution is -0.145. The average molecular weight is 439 g/mol. The smallest absolute Gasteiger partial charge is 0.303 e. The SMILES string of the molecule is CC(=O)OC1C=C2C=C[C@H]3[C@@H]4CC[C@H]([C@H](C)C=C[C@H](C)C(C)C)[C@@]4(C)CC[C@@H]3[C@@]2(C)CC1. The van der Waals surface area contributed by atoms with Crippen LogP contribution in [0, 0.1) is 52.3 Å². The second-order valence-electron chi connectivity index (χ2n) is 12.5. The summed E-state index contributed by atoms with van der Waals surface area (Å²) in [4.78, 5) is 11.5. The quantitative estimate of drug-likeness (QED) is 0.324. The van der Waals surface area contributed by atoms with Crippen LogP contribution in [0.3, 0.4) is 0 Å². The molecule has 2 nitrogen and oxygen atoms in total. The number of fused-ring (bicyclic) bond motifs is 5. The van der Waals surface area contributed by atoms with Gasteiger partial charge in [0.25, 0.3) is 0 Å². The molecule has 4 aliphatic rings. The maximum Gasteiger partial charge on any atom is 0.303 e. The van der Waals surface area contributed by atoms with Crippen LogP contribution in [0.15, 0.2) is 36.0 Å². The van der Waals surface area contributed by atoms with Gasteiger partial charge in [-0.3, -0.25) is 4.79 Å². The van der Waals surface area contributed by atoms with Gasteiger partial charge < -0.3 is 4.74 Å². The molecule has 0 bridgehead atoms. The third kappa shape index (κ3) is 4.05. The number of allylic oxidation sites excluding steroid dienone is 5. The monoisotopic (exact) mass is 438 g/mol. The van der Waals surface area contributed by atoms with Crippen molar-refractivity contribution >= 4 is 5.97 Å². The molecule has 0 spiro atoms. The highest BCUT2D eigenvalue weighted by Crippen LogP contribution is 2.66. The van der Waals surface area contributed by atoms with Gasteiger partial charge in [-0.05, 0) is 102 Å². The van der Waals surface area contributed by atoms with Crippen molar-refractivity contribution in [3.63, 3.8) is 0 Å². The summed E-state index contributed by atoms with van der Waals surface area (Å²) in [5.74, 6) is 4.94. The molecule has 0 saturated heterocycles. The zero-order chi connectivity index (χ0) is 23.3. The Hall–Kier alpha value is -1.31. The highest BCUT2D eigenvalue weighted by Gasteiger charge is 2.58. The molecule has 0 aliphatic heterocycles. The number of esters is 1. The Labute approximate surface area is 197 Å². The normalized spacial score (nSPS) is 42.8. The van der Waals surface area contributed by atoms with Gasteiger partial charge in [-0.1, -0.05) is 65.8 Å². The van der Waals surface area contributed by atoms with Crippen molar-refractivity contribution < 1.29 is 9.53 Å². The van der Waals surface area contributed by atoms with Gasteiger partial charge in [0.2, 0.25) is 0 Å². The molecule has 1 unspecified atom stereocenters. The predicted molar refractivity (Wildman–Crippen MR) is 133 cm³/mol. The van der Waals surface area contributed by atoms with Gasteiger partial charge in [-0.25, -0.2) is 0 Å². The molecule has 2 heteroatoms. The average Bonchev–Trinajstić information content (AvgIpc) is 3.08. The van der Waals surface area contributed by atoms with Gasteiger partial charge in [0.15, 0.2) is 0 Å². The van der Waals surface area contributed by atoms with Gasteiger partial charge in [-0.15, -0.1) is 0 Å². The molecule has 0 N–H and O–H groups in total. The molecule has 0 radical (unpaired) electrons. The Balaban J connectivity index is 1.54. The molecule has 2 saturated carbocycles. The van der Waals surface area contributed by atoms with Crippen LogP contribution in [0.5, 0.6) is 0 Å². The molecule has 178 valence electrons. The number of carbonyl (C=O) groups excluding carboxylic acids is 1. The van der Waals surface area contributed by atoms with E-state index in [4.69, 9.17) is 4.74 Å². The Bertz CT molecular complexity index is 804. The Morgan fingerprint density at radius 2 is 1.78 bits per heavy atom. The molecule has 4 rings (SSSR count). The van der Waals surface area contributed by atoms with Crippen molar-refractivity contribution in [2.75, 3.05) is 0 Å². The van der Waals surface area contributed by atoms with E-state index in [1.165, 1.54) is 38.2 Å². The summed E-state index contributed by atoms with van der Waals surface area (Å²) < 4.78 is 5.55. The lowest BCUT2D eigenvalue weighted by Crippen LogP contribution is -2.49. The van der Waals surface area contributed by atoms with Crippen molar-refractivity contribution in [3.8, 4) is 0 Å². The van der Waals surface area contributed by atoms with Gasteiger partial charge in [0, 0.05) is 6.92 Å². The van der Waals surface area contributed by atoms with Crippen LogP contribution in [0.4, 0.5) is 0 Å². The summed E-state index contributed by atoms with van der Waals surface area (Å²) in [6.45, 7) is 16.1. The van der Waals surface area contributed by atoms with E-state index >= 15 is 0 Å². The van der Waals surface area contributed by atoms with Crippen molar-refractivity contribution in [3.05, 3.63) is 36.0 Å². The van der Waals surface area contributed by atoms with E-state index in [0.29, 0.717) is 29.1 Å². The molecule has 0 aromatic heterocycles. The highest BCUT2D eigenvalue weighted by atomic mass is 16.5. The Morgan fingerprint density at radius 1 is 1.03 bits per heavy atom. The van der Waals surface area contributed by atoms with Crippen LogP contribution in [0.25, 0.3) is 0 Å². The fraction of sp³-hybridized carbons (Fsp3) is 0.767. The summed E-state index contributed by atoms with van der Waals surface area (Å²) in [5.41, 5.74) is 2.13. The van der Waals surface area contributed by atoms with Crippen LogP contribution < -0.4 is 0 Å². The van der Waals surface area contributed by atoms with Gasteiger partial charge in [-0.2, -0.15) is 0 Å². The number of hydrogen-bond donors (Lipinski definition) is 0. The first-order chi connectivity index (χ1) is 15.1. The highest BCUT2D eigenvalue weighted by molar-refractivity contribution is 5.66. The summed E-state index contributed by atoms with van der Waals surface area (Å²) in [5, 5.41) is 0. The lowest BCUT2D eigenvalue weighted by Gasteiger charge is -2.57. The number of rotatable bonds is 5. The molecular formula is C30H46O2. The van der Waals surface area contributed by atoms with E-state index in [0.717, 1.165) is 30.6 Å². The van der Waals surface area contributed by atoms with E-state index in [-0.39, 0.29) is 17.5 Å². The predicted octanol–water partition coefficient (Wildman–Crippen LogP) is 7.76. The number of carbonyl (C=O) groups is 1. The molecular weight excluding hydrogens is 392 g/mol. The first-order valence-corrected chi connectivity index (χ1v) is 13.3. The number of ether oxygens (including phenoxy) is 1. The minimum Gasteiger partial charge on any atom is -0.458 e. The minimum absolute atomic E-state index is 0.0395. The first-order valence-electron chi connectivity index (χ1n) is 13.3. The zero-order valence-corrected chi connectivity index (χ0v) is 21.6. The first kappa shape index (κ1) is 23.8. The van der Waals surface area contributed by atoms with Crippen LogP contribution in [-0.4, -0.2) is 12.1 Å². The lowest BCUT2D eigenvalue weighted by atomic mass is 9.48. The second-order valence-corrected chi connectivity index (χ2v) is 12.5. The zero-order valence-electron chi connectivity index (χ0n) is 21.6. The molecule has 0 amide bonds. The molecule has 4 aliphatic carbocycles. The molecule has 0 aromatic carbocycles. The van der Waals surface area contributed by atoms with Crippen LogP contribution in [0.2, 0.25) is 0 Å². The van der Waals surface area contributed by atoms with E-state index in [1.807, 2.05) is 0 Å². The van der Waals surface area contributed by atoms with Crippen LogP contribution in [-0.2, 0) is 9.53 Å². The molecule has 9 atom stereocenters. The van der Waals surface area contributed by atoms with Crippen LogP contribution >= 0.6 is 0 Å². The fourth-order valence-electron chi connectivity index (χ4n) is 8.04. The maximum atomic E-state index is 11.5. The molecule has 0 heterocycles. The maximum absolute atomic E-state index is 11.5. The minimum atomic E-state index is -0.162.